The lowest BCUT2D eigenvalue weighted by Crippen LogP contribution is -2.23. The maximum Gasteiger partial charge on any atom is 0.322 e. The van der Waals surface area contributed by atoms with Crippen LogP contribution >= 0.6 is 0 Å². The van der Waals surface area contributed by atoms with Crippen LogP contribution in [0.25, 0.3) is 0 Å². The van der Waals surface area contributed by atoms with Gasteiger partial charge in [0.2, 0.25) is 11.9 Å². The molecule has 0 amide bonds. The number of rotatable bonds is 7. The summed E-state index contributed by atoms with van der Waals surface area (Å²) in [7, 11) is 1.59. The molecule has 6 heteroatoms. The second kappa shape index (κ2) is 7.26. The second-order valence-electron chi connectivity index (χ2n) is 5.26. The summed E-state index contributed by atoms with van der Waals surface area (Å²) >= 11 is 0. The fraction of sp³-hybridized carbons (Fsp3) is 0.786. The topological polar surface area (TPSA) is 63.2 Å². The number of hydrogen-bond donors (Lipinski definition) is 1. The van der Waals surface area contributed by atoms with Gasteiger partial charge in [0.25, 0.3) is 0 Å². The smallest absolute Gasteiger partial charge is 0.322 e. The molecule has 0 radical (unpaired) electrons. The van der Waals surface area contributed by atoms with Crippen molar-refractivity contribution >= 4 is 11.9 Å². The van der Waals surface area contributed by atoms with Crippen LogP contribution in [-0.4, -0.2) is 41.7 Å². The molecule has 20 heavy (non-hydrogen) atoms. The van der Waals surface area contributed by atoms with E-state index in [1.807, 2.05) is 0 Å². The van der Waals surface area contributed by atoms with E-state index < -0.39 is 0 Å². The van der Waals surface area contributed by atoms with Gasteiger partial charge in [0, 0.05) is 19.6 Å². The van der Waals surface area contributed by atoms with E-state index in [1.54, 1.807) is 7.11 Å². The molecule has 1 fully saturated rings. The molecular weight excluding hydrogens is 254 g/mol. The molecule has 1 aromatic rings. The molecule has 1 aliphatic heterocycles. The van der Waals surface area contributed by atoms with Crippen LogP contribution in [0.15, 0.2) is 0 Å². The van der Waals surface area contributed by atoms with Crippen molar-refractivity contribution < 1.29 is 4.74 Å². The first-order valence-electron chi connectivity index (χ1n) is 7.55. The Balaban J connectivity index is 2.10. The largest absolute Gasteiger partial charge is 0.467 e. The summed E-state index contributed by atoms with van der Waals surface area (Å²) in [5, 5.41) is 3.20. The first-order chi connectivity index (χ1) is 9.76. The van der Waals surface area contributed by atoms with E-state index in [9.17, 15) is 0 Å². The van der Waals surface area contributed by atoms with Gasteiger partial charge in [-0.15, -0.1) is 0 Å². The second-order valence-corrected chi connectivity index (χ2v) is 5.26. The third-order valence-corrected chi connectivity index (χ3v) is 3.58. The molecule has 1 aromatic heterocycles. The van der Waals surface area contributed by atoms with E-state index in [0.29, 0.717) is 12.0 Å². The predicted molar refractivity (Wildman–Crippen MR) is 80.4 cm³/mol. The Kier molecular flexibility index (Phi) is 5.38. The van der Waals surface area contributed by atoms with Crippen molar-refractivity contribution in [3.63, 3.8) is 0 Å². The molecule has 6 nitrogen and oxygen atoms in total. The number of anilines is 2. The summed E-state index contributed by atoms with van der Waals surface area (Å²) in [6.45, 7) is 7.26. The van der Waals surface area contributed by atoms with Crippen LogP contribution < -0.4 is 15.0 Å². The zero-order chi connectivity index (χ0) is 14.4. The maximum absolute atomic E-state index is 5.18. The lowest BCUT2D eigenvalue weighted by molar-refractivity contribution is 0.378. The summed E-state index contributed by atoms with van der Waals surface area (Å²) in [6, 6.07) is 0.382. The van der Waals surface area contributed by atoms with Crippen LogP contribution in [0.3, 0.4) is 0 Å². The molecule has 2 rings (SSSR count). The predicted octanol–water partition coefficient (Wildman–Crippen LogP) is 2.33. The molecule has 1 N–H and O–H groups in total. The van der Waals surface area contributed by atoms with Crippen molar-refractivity contribution in [2.45, 2.75) is 39.5 Å². The molecule has 0 saturated carbocycles. The summed E-state index contributed by atoms with van der Waals surface area (Å²) in [5.41, 5.74) is 0. The molecule has 0 aromatic carbocycles. The third kappa shape index (κ3) is 3.71. The molecule has 1 unspecified atom stereocenters. The van der Waals surface area contributed by atoms with Crippen LogP contribution in [0.2, 0.25) is 0 Å². The molecule has 1 atom stereocenters. The van der Waals surface area contributed by atoms with Crippen LogP contribution in [0, 0.1) is 5.92 Å². The van der Waals surface area contributed by atoms with Crippen molar-refractivity contribution in [1.82, 2.24) is 15.0 Å². The maximum atomic E-state index is 5.18. The van der Waals surface area contributed by atoms with E-state index in [-0.39, 0.29) is 0 Å². The van der Waals surface area contributed by atoms with Crippen molar-refractivity contribution in [2.75, 3.05) is 37.0 Å². The normalized spacial score (nSPS) is 18.4. The zero-order valence-electron chi connectivity index (χ0n) is 12.7. The standard InChI is InChI=1S/C14H25N5O/c1-4-6-11-7-9-19(10-11)13-16-12(15-8-5-2)17-14(18-13)20-3/h11H,4-10H2,1-3H3,(H,15,16,17,18). The SMILES string of the molecule is CCCNc1nc(OC)nc(N2CCC(CCC)C2)n1. The number of hydrogen-bond acceptors (Lipinski definition) is 6. The van der Waals surface area contributed by atoms with E-state index in [2.05, 4.69) is 39.0 Å². The van der Waals surface area contributed by atoms with E-state index in [1.165, 1.54) is 19.3 Å². The highest BCUT2D eigenvalue weighted by Crippen LogP contribution is 2.25. The monoisotopic (exact) mass is 279 g/mol. The third-order valence-electron chi connectivity index (χ3n) is 3.58. The van der Waals surface area contributed by atoms with Crippen LogP contribution in [0.1, 0.15) is 39.5 Å². The summed E-state index contributed by atoms with van der Waals surface area (Å²) in [4.78, 5) is 15.4. The van der Waals surface area contributed by atoms with Gasteiger partial charge in [-0.05, 0) is 25.2 Å². The molecule has 2 heterocycles. The van der Waals surface area contributed by atoms with Crippen LogP contribution in [-0.2, 0) is 0 Å². The molecule has 0 spiro atoms. The Hall–Kier alpha value is -1.59. The Morgan fingerprint density at radius 3 is 2.80 bits per heavy atom. The fourth-order valence-corrected chi connectivity index (χ4v) is 2.55. The van der Waals surface area contributed by atoms with Crippen molar-refractivity contribution in [2.24, 2.45) is 5.92 Å². The van der Waals surface area contributed by atoms with Crippen LogP contribution in [0.4, 0.5) is 11.9 Å². The summed E-state index contributed by atoms with van der Waals surface area (Å²) in [5.74, 6) is 2.09. The minimum Gasteiger partial charge on any atom is -0.467 e. The van der Waals surface area contributed by atoms with Crippen molar-refractivity contribution in [1.29, 1.82) is 0 Å². The van der Waals surface area contributed by atoms with Gasteiger partial charge in [0.1, 0.15) is 0 Å². The summed E-state index contributed by atoms with van der Waals surface area (Å²) < 4.78 is 5.18. The molecule has 1 saturated heterocycles. The van der Waals surface area contributed by atoms with Gasteiger partial charge in [-0.2, -0.15) is 15.0 Å². The number of nitrogens with zero attached hydrogens (tertiary/aromatic N) is 4. The quantitative estimate of drug-likeness (QED) is 0.826. The van der Waals surface area contributed by atoms with Crippen LogP contribution in [0.5, 0.6) is 6.01 Å². The molecule has 112 valence electrons. The Labute approximate surface area is 121 Å². The first-order valence-corrected chi connectivity index (χ1v) is 7.55. The number of methoxy groups -OCH3 is 1. The van der Waals surface area contributed by atoms with Crippen molar-refractivity contribution in [3.8, 4) is 6.01 Å². The Morgan fingerprint density at radius 1 is 1.25 bits per heavy atom. The Bertz CT molecular complexity index is 426. The highest BCUT2D eigenvalue weighted by atomic mass is 16.5. The summed E-state index contributed by atoms with van der Waals surface area (Å²) in [6.07, 6.45) is 4.77. The first kappa shape index (κ1) is 14.8. The number of nitrogens with one attached hydrogen (secondary N) is 1. The van der Waals surface area contributed by atoms with E-state index >= 15 is 0 Å². The Morgan fingerprint density at radius 2 is 2.10 bits per heavy atom. The minimum atomic E-state index is 0.382. The van der Waals surface area contributed by atoms with Gasteiger partial charge in [0.05, 0.1) is 7.11 Å². The lowest BCUT2D eigenvalue weighted by Gasteiger charge is -2.17. The zero-order valence-corrected chi connectivity index (χ0v) is 12.7. The van der Waals surface area contributed by atoms with Gasteiger partial charge in [-0.3, -0.25) is 0 Å². The number of ether oxygens (including phenoxy) is 1. The van der Waals surface area contributed by atoms with Crippen molar-refractivity contribution in [3.05, 3.63) is 0 Å². The van der Waals surface area contributed by atoms with Gasteiger partial charge < -0.3 is 15.0 Å². The molecule has 0 bridgehead atoms. The number of aromatic nitrogens is 3. The minimum absolute atomic E-state index is 0.382. The highest BCUT2D eigenvalue weighted by molar-refractivity contribution is 5.39. The van der Waals surface area contributed by atoms with E-state index in [4.69, 9.17) is 4.74 Å². The molecule has 1 aliphatic rings. The molecular formula is C14H25N5O. The molecule has 0 aliphatic carbocycles. The average Bonchev–Trinajstić information content (AvgIpc) is 2.94. The average molecular weight is 279 g/mol. The van der Waals surface area contributed by atoms with Gasteiger partial charge >= 0.3 is 6.01 Å². The van der Waals surface area contributed by atoms with Gasteiger partial charge in [-0.1, -0.05) is 20.3 Å². The van der Waals surface area contributed by atoms with Gasteiger partial charge in [-0.25, -0.2) is 0 Å². The van der Waals surface area contributed by atoms with Gasteiger partial charge in [0.15, 0.2) is 0 Å². The lowest BCUT2D eigenvalue weighted by atomic mass is 10.0. The van der Waals surface area contributed by atoms with E-state index in [0.717, 1.165) is 37.9 Å². The highest BCUT2D eigenvalue weighted by Gasteiger charge is 2.24. The fourth-order valence-electron chi connectivity index (χ4n) is 2.55.